The molecular weight excluding hydrogens is 530 g/mol. The standard InChI is InChI=1S/C32H33N7O3/c1-38-13-14-42-18-26(38)32(40)39-12-11-20(16-33)31(39)24-10-9-21(17-34-24)28-30-25(36-37-28)15-27(41-2)29(35-30)23-8-4-6-19-5-3-7-22(19)23/h4,6,8-10,15,17,20,26,31H,3,5,7,11-14,18H2,1-2H3,(H,36,37)/t20?,26-,31?/m1/s1. The van der Waals surface area contributed by atoms with Gasteiger partial charge in [-0.2, -0.15) is 10.4 Å². The molecular formula is C32H33N7O3. The maximum absolute atomic E-state index is 13.6. The fourth-order valence-electron chi connectivity index (χ4n) is 6.72. The number of benzene rings is 1. The van der Waals surface area contributed by atoms with Crippen LogP contribution in [0, 0.1) is 17.2 Å². The molecule has 0 saturated carbocycles. The summed E-state index contributed by atoms with van der Waals surface area (Å²) in [4.78, 5) is 27.3. The number of aryl methyl sites for hydroxylation is 1. The number of carbonyl (C=O) groups excluding carboxylic acids is 1. The summed E-state index contributed by atoms with van der Waals surface area (Å²) in [5.74, 6) is 0.369. The Kier molecular flexibility index (Phi) is 6.84. The van der Waals surface area contributed by atoms with Crippen molar-refractivity contribution in [2.75, 3.05) is 40.5 Å². The summed E-state index contributed by atoms with van der Waals surface area (Å²) in [6.45, 7) is 2.21. The number of nitrogens with one attached hydrogen (secondary N) is 1. The average Bonchev–Trinajstić information content (AvgIpc) is 3.78. The molecule has 214 valence electrons. The number of methoxy groups -OCH3 is 1. The number of aromatic amines is 1. The third-order valence-corrected chi connectivity index (χ3v) is 9.01. The van der Waals surface area contributed by atoms with Crippen LogP contribution in [0.25, 0.3) is 33.5 Å². The number of ether oxygens (including phenoxy) is 2. The maximum Gasteiger partial charge on any atom is 0.242 e. The lowest BCUT2D eigenvalue weighted by atomic mass is 9.97. The molecule has 2 aliphatic heterocycles. The van der Waals surface area contributed by atoms with Crippen molar-refractivity contribution >= 4 is 16.9 Å². The minimum absolute atomic E-state index is 0.0119. The second kappa shape index (κ2) is 10.8. The molecule has 3 aliphatic rings. The summed E-state index contributed by atoms with van der Waals surface area (Å²) in [5.41, 5.74) is 8.34. The molecule has 1 amide bonds. The molecule has 2 unspecified atom stereocenters. The highest BCUT2D eigenvalue weighted by molar-refractivity contribution is 5.93. The van der Waals surface area contributed by atoms with Gasteiger partial charge >= 0.3 is 0 Å². The van der Waals surface area contributed by atoms with E-state index in [0.717, 1.165) is 47.1 Å². The van der Waals surface area contributed by atoms with Gasteiger partial charge in [0.1, 0.15) is 28.7 Å². The zero-order chi connectivity index (χ0) is 28.8. The Bertz CT molecular complexity index is 1690. The van der Waals surface area contributed by atoms with Crippen LogP contribution < -0.4 is 4.74 Å². The molecule has 10 heteroatoms. The smallest absolute Gasteiger partial charge is 0.242 e. The molecule has 1 N–H and O–H groups in total. The number of H-pyrrole nitrogens is 1. The lowest BCUT2D eigenvalue weighted by Gasteiger charge is -2.36. The van der Waals surface area contributed by atoms with E-state index in [9.17, 15) is 10.1 Å². The number of morpholine rings is 1. The predicted molar refractivity (Wildman–Crippen MR) is 157 cm³/mol. The summed E-state index contributed by atoms with van der Waals surface area (Å²) in [6, 6.07) is 13.9. The van der Waals surface area contributed by atoms with Gasteiger partial charge in [0.15, 0.2) is 0 Å². The minimum atomic E-state index is -0.406. The third-order valence-electron chi connectivity index (χ3n) is 9.01. The topological polar surface area (TPSA) is 120 Å². The molecule has 4 aromatic rings. The first-order valence-electron chi connectivity index (χ1n) is 14.6. The number of hydrogen-bond acceptors (Lipinski definition) is 8. The number of rotatable bonds is 5. The van der Waals surface area contributed by atoms with Gasteiger partial charge in [0, 0.05) is 36.5 Å². The molecule has 7 rings (SSSR count). The van der Waals surface area contributed by atoms with Crippen LogP contribution in [0.15, 0.2) is 42.6 Å². The molecule has 2 fully saturated rings. The summed E-state index contributed by atoms with van der Waals surface area (Å²) in [6.07, 6.45) is 5.65. The van der Waals surface area contributed by atoms with Crippen molar-refractivity contribution in [1.82, 2.24) is 30.0 Å². The molecule has 3 atom stereocenters. The van der Waals surface area contributed by atoms with Crippen molar-refractivity contribution in [2.24, 2.45) is 5.92 Å². The van der Waals surface area contributed by atoms with Crippen LogP contribution in [0.2, 0.25) is 0 Å². The van der Waals surface area contributed by atoms with E-state index in [1.165, 1.54) is 11.1 Å². The Morgan fingerprint density at radius 3 is 2.88 bits per heavy atom. The normalized spacial score (nSPS) is 22.3. The number of hydrogen-bond donors (Lipinski definition) is 1. The van der Waals surface area contributed by atoms with Gasteiger partial charge in [0.05, 0.1) is 49.6 Å². The highest BCUT2D eigenvalue weighted by atomic mass is 16.5. The maximum atomic E-state index is 13.6. The second-order valence-corrected chi connectivity index (χ2v) is 11.3. The van der Waals surface area contributed by atoms with Gasteiger partial charge in [-0.15, -0.1) is 0 Å². The first-order valence-corrected chi connectivity index (χ1v) is 14.6. The van der Waals surface area contributed by atoms with Crippen LogP contribution >= 0.6 is 0 Å². The van der Waals surface area contributed by atoms with Crippen LogP contribution in [0.5, 0.6) is 5.75 Å². The van der Waals surface area contributed by atoms with E-state index in [-0.39, 0.29) is 17.9 Å². The van der Waals surface area contributed by atoms with Gasteiger partial charge in [-0.3, -0.25) is 19.8 Å². The molecule has 0 radical (unpaired) electrons. The Labute approximate surface area is 244 Å². The van der Waals surface area contributed by atoms with Crippen molar-refractivity contribution in [3.8, 4) is 34.3 Å². The largest absolute Gasteiger partial charge is 0.494 e. The summed E-state index contributed by atoms with van der Waals surface area (Å²) >= 11 is 0. The highest BCUT2D eigenvalue weighted by Gasteiger charge is 2.42. The Hall–Kier alpha value is -4.33. The zero-order valence-electron chi connectivity index (χ0n) is 23.8. The molecule has 0 bridgehead atoms. The first-order chi connectivity index (χ1) is 20.6. The summed E-state index contributed by atoms with van der Waals surface area (Å²) in [5, 5.41) is 17.6. The van der Waals surface area contributed by atoms with Crippen molar-refractivity contribution in [3.05, 3.63) is 59.4 Å². The molecule has 1 aromatic carbocycles. The van der Waals surface area contributed by atoms with Gasteiger partial charge in [-0.05, 0) is 56.0 Å². The molecule has 42 heavy (non-hydrogen) atoms. The fraction of sp³-hybridized carbons (Fsp3) is 0.406. The van der Waals surface area contributed by atoms with E-state index >= 15 is 0 Å². The SMILES string of the molecule is COc1cc2[nH]nc(-c3ccc(C4C(C#N)CCN4C(=O)[C@H]4COCCN4C)nc3)c2nc1-c1cccc2c1CCC2. The molecule has 5 heterocycles. The van der Waals surface area contributed by atoms with Gasteiger partial charge in [0.2, 0.25) is 5.91 Å². The van der Waals surface area contributed by atoms with Crippen LogP contribution in [-0.4, -0.2) is 82.4 Å². The molecule has 2 saturated heterocycles. The number of nitriles is 1. The number of amides is 1. The number of carbonyl (C=O) groups is 1. The van der Waals surface area contributed by atoms with Crippen molar-refractivity contribution < 1.29 is 14.3 Å². The Balaban J connectivity index is 1.23. The van der Waals surface area contributed by atoms with Gasteiger partial charge < -0.3 is 14.4 Å². The fourth-order valence-corrected chi connectivity index (χ4v) is 6.72. The molecule has 3 aromatic heterocycles. The summed E-state index contributed by atoms with van der Waals surface area (Å²) in [7, 11) is 3.61. The number of fused-ring (bicyclic) bond motifs is 2. The van der Waals surface area contributed by atoms with Gasteiger partial charge in [0.25, 0.3) is 0 Å². The van der Waals surface area contributed by atoms with Crippen molar-refractivity contribution in [1.29, 1.82) is 5.26 Å². The van der Waals surface area contributed by atoms with Crippen molar-refractivity contribution in [3.63, 3.8) is 0 Å². The van der Waals surface area contributed by atoms with Crippen LogP contribution in [0.3, 0.4) is 0 Å². The second-order valence-electron chi connectivity index (χ2n) is 11.3. The number of likely N-dealkylation sites (N-methyl/N-ethyl adjacent to an activating group) is 1. The van der Waals surface area contributed by atoms with Crippen LogP contribution in [0.1, 0.15) is 35.7 Å². The number of likely N-dealkylation sites (tertiary alicyclic amines) is 1. The van der Waals surface area contributed by atoms with E-state index in [2.05, 4.69) is 34.5 Å². The van der Waals surface area contributed by atoms with E-state index < -0.39 is 6.04 Å². The molecule has 10 nitrogen and oxygen atoms in total. The Morgan fingerprint density at radius 1 is 1.19 bits per heavy atom. The lowest BCUT2D eigenvalue weighted by molar-refractivity contribution is -0.143. The quantitative estimate of drug-likeness (QED) is 0.388. The van der Waals surface area contributed by atoms with E-state index in [0.29, 0.717) is 49.9 Å². The number of pyridine rings is 2. The summed E-state index contributed by atoms with van der Waals surface area (Å²) < 4.78 is 11.4. The predicted octanol–water partition coefficient (Wildman–Crippen LogP) is 3.93. The lowest BCUT2D eigenvalue weighted by Crippen LogP contribution is -2.53. The highest BCUT2D eigenvalue weighted by Crippen LogP contribution is 2.40. The number of nitrogens with zero attached hydrogens (tertiary/aromatic N) is 6. The first kappa shape index (κ1) is 26.6. The van der Waals surface area contributed by atoms with Gasteiger partial charge in [-0.25, -0.2) is 4.98 Å². The van der Waals surface area contributed by atoms with E-state index in [4.69, 9.17) is 19.4 Å². The Morgan fingerprint density at radius 2 is 2.10 bits per heavy atom. The van der Waals surface area contributed by atoms with Crippen LogP contribution in [0.4, 0.5) is 0 Å². The van der Waals surface area contributed by atoms with Crippen LogP contribution in [-0.2, 0) is 22.4 Å². The average molecular weight is 564 g/mol. The minimum Gasteiger partial charge on any atom is -0.494 e. The third kappa shape index (κ3) is 4.40. The van der Waals surface area contributed by atoms with Gasteiger partial charge in [-0.1, -0.05) is 18.2 Å². The van der Waals surface area contributed by atoms with Crippen molar-refractivity contribution in [2.45, 2.75) is 37.8 Å². The molecule has 1 aliphatic carbocycles. The molecule has 0 spiro atoms. The van der Waals surface area contributed by atoms with E-state index in [1.807, 2.05) is 35.0 Å². The van der Waals surface area contributed by atoms with E-state index in [1.54, 1.807) is 13.3 Å². The zero-order valence-corrected chi connectivity index (χ0v) is 23.8. The number of aromatic nitrogens is 4. The monoisotopic (exact) mass is 563 g/mol.